The highest BCUT2D eigenvalue weighted by molar-refractivity contribution is 9.10. The highest BCUT2D eigenvalue weighted by Gasteiger charge is 2.00. The fraction of sp³-hybridized carbons (Fsp3) is 0.0909. The van der Waals surface area contributed by atoms with Gasteiger partial charge in [-0.3, -0.25) is 4.98 Å². The zero-order chi connectivity index (χ0) is 11.4. The van der Waals surface area contributed by atoms with E-state index >= 15 is 0 Å². The SMILES string of the molecule is CNc1cncc(Nc2ccccc2Br)n1. The third-order valence-electron chi connectivity index (χ3n) is 2.03. The molecule has 16 heavy (non-hydrogen) atoms. The van der Waals surface area contributed by atoms with Crippen molar-refractivity contribution in [3.8, 4) is 0 Å². The maximum absolute atomic E-state index is 4.32. The fourth-order valence-corrected chi connectivity index (χ4v) is 1.63. The molecule has 0 radical (unpaired) electrons. The van der Waals surface area contributed by atoms with Crippen molar-refractivity contribution in [3.05, 3.63) is 41.1 Å². The second-order valence-corrected chi connectivity index (χ2v) is 4.00. The van der Waals surface area contributed by atoms with Crippen LogP contribution in [0.1, 0.15) is 0 Å². The molecule has 0 aliphatic carbocycles. The first-order valence-electron chi connectivity index (χ1n) is 4.81. The first-order valence-corrected chi connectivity index (χ1v) is 5.60. The van der Waals surface area contributed by atoms with E-state index < -0.39 is 0 Å². The molecular formula is C11H11BrN4. The second-order valence-electron chi connectivity index (χ2n) is 3.14. The maximum Gasteiger partial charge on any atom is 0.151 e. The summed E-state index contributed by atoms with van der Waals surface area (Å²) in [6.45, 7) is 0. The molecule has 0 aliphatic rings. The monoisotopic (exact) mass is 278 g/mol. The molecule has 0 amide bonds. The topological polar surface area (TPSA) is 49.8 Å². The van der Waals surface area contributed by atoms with Gasteiger partial charge in [0.2, 0.25) is 0 Å². The van der Waals surface area contributed by atoms with Gasteiger partial charge in [-0.25, -0.2) is 4.98 Å². The number of hydrogen-bond donors (Lipinski definition) is 2. The standard InChI is InChI=1S/C11H11BrN4/c1-13-10-6-14-7-11(16-10)15-9-5-3-2-4-8(9)12/h2-7H,1H3,(H2,13,15,16). The van der Waals surface area contributed by atoms with Crippen LogP contribution in [0.4, 0.5) is 17.3 Å². The lowest BCUT2D eigenvalue weighted by Gasteiger charge is -2.08. The Morgan fingerprint density at radius 1 is 1.12 bits per heavy atom. The normalized spacial score (nSPS) is 9.88. The molecule has 2 rings (SSSR count). The molecule has 0 unspecified atom stereocenters. The first kappa shape index (κ1) is 10.9. The van der Waals surface area contributed by atoms with Crippen LogP contribution in [-0.4, -0.2) is 17.0 Å². The van der Waals surface area contributed by atoms with E-state index in [0.29, 0.717) is 5.82 Å². The summed E-state index contributed by atoms with van der Waals surface area (Å²) < 4.78 is 0.992. The van der Waals surface area contributed by atoms with Gasteiger partial charge < -0.3 is 10.6 Å². The predicted octanol–water partition coefficient (Wildman–Crippen LogP) is 3.02. The van der Waals surface area contributed by atoms with Crippen molar-refractivity contribution in [2.75, 3.05) is 17.7 Å². The number of rotatable bonds is 3. The second kappa shape index (κ2) is 4.94. The van der Waals surface area contributed by atoms with Crippen molar-refractivity contribution in [2.45, 2.75) is 0 Å². The Hall–Kier alpha value is -1.62. The van der Waals surface area contributed by atoms with Crippen LogP contribution in [0.25, 0.3) is 0 Å². The molecule has 82 valence electrons. The molecule has 2 aromatic rings. The zero-order valence-corrected chi connectivity index (χ0v) is 10.3. The van der Waals surface area contributed by atoms with Crippen LogP contribution in [0.2, 0.25) is 0 Å². The molecule has 0 spiro atoms. The van der Waals surface area contributed by atoms with E-state index in [-0.39, 0.29) is 0 Å². The largest absolute Gasteiger partial charge is 0.372 e. The van der Waals surface area contributed by atoms with E-state index in [1.807, 2.05) is 31.3 Å². The number of para-hydroxylation sites is 1. The summed E-state index contributed by atoms with van der Waals surface area (Å²) >= 11 is 3.46. The minimum absolute atomic E-state index is 0.707. The van der Waals surface area contributed by atoms with E-state index in [1.165, 1.54) is 0 Å². The molecule has 4 nitrogen and oxygen atoms in total. The summed E-state index contributed by atoms with van der Waals surface area (Å²) in [5.41, 5.74) is 0.963. The van der Waals surface area contributed by atoms with Crippen LogP contribution in [0.15, 0.2) is 41.1 Å². The maximum atomic E-state index is 4.32. The minimum atomic E-state index is 0.707. The Kier molecular flexibility index (Phi) is 3.36. The Morgan fingerprint density at radius 2 is 1.88 bits per heavy atom. The summed E-state index contributed by atoms with van der Waals surface area (Å²) in [6.07, 6.45) is 3.35. The molecule has 2 N–H and O–H groups in total. The Morgan fingerprint density at radius 3 is 2.62 bits per heavy atom. The number of benzene rings is 1. The number of anilines is 3. The molecular weight excluding hydrogens is 268 g/mol. The molecule has 0 aliphatic heterocycles. The van der Waals surface area contributed by atoms with E-state index in [0.717, 1.165) is 16.0 Å². The molecule has 1 aromatic heterocycles. The van der Waals surface area contributed by atoms with E-state index in [1.54, 1.807) is 12.4 Å². The summed E-state index contributed by atoms with van der Waals surface area (Å²) in [7, 11) is 1.81. The lowest BCUT2D eigenvalue weighted by Crippen LogP contribution is -1.99. The van der Waals surface area contributed by atoms with Gasteiger partial charge in [0.25, 0.3) is 0 Å². The van der Waals surface area contributed by atoms with Gasteiger partial charge in [-0.15, -0.1) is 0 Å². The highest BCUT2D eigenvalue weighted by Crippen LogP contribution is 2.24. The van der Waals surface area contributed by atoms with E-state index in [2.05, 4.69) is 36.5 Å². The number of aromatic nitrogens is 2. The van der Waals surface area contributed by atoms with Crippen molar-refractivity contribution in [3.63, 3.8) is 0 Å². The van der Waals surface area contributed by atoms with Gasteiger partial charge in [0.05, 0.1) is 18.1 Å². The summed E-state index contributed by atoms with van der Waals surface area (Å²) in [5, 5.41) is 6.13. The van der Waals surface area contributed by atoms with Crippen molar-refractivity contribution < 1.29 is 0 Å². The van der Waals surface area contributed by atoms with Gasteiger partial charge in [-0.2, -0.15) is 0 Å². The number of hydrogen-bond acceptors (Lipinski definition) is 4. The molecule has 0 saturated carbocycles. The summed E-state index contributed by atoms with van der Waals surface area (Å²) in [4.78, 5) is 8.40. The van der Waals surface area contributed by atoms with Crippen LogP contribution in [0.5, 0.6) is 0 Å². The Bertz CT molecular complexity index is 487. The van der Waals surface area contributed by atoms with Crippen molar-refractivity contribution in [1.82, 2.24) is 9.97 Å². The molecule has 5 heteroatoms. The molecule has 1 heterocycles. The van der Waals surface area contributed by atoms with Crippen LogP contribution >= 0.6 is 15.9 Å². The lowest BCUT2D eigenvalue weighted by atomic mass is 10.3. The first-order chi connectivity index (χ1) is 7.79. The van der Waals surface area contributed by atoms with E-state index in [9.17, 15) is 0 Å². The summed E-state index contributed by atoms with van der Waals surface area (Å²) in [6, 6.07) is 7.86. The van der Waals surface area contributed by atoms with Gasteiger partial charge in [-0.05, 0) is 28.1 Å². The molecule has 0 atom stereocenters. The van der Waals surface area contributed by atoms with Gasteiger partial charge in [0.1, 0.15) is 5.82 Å². The van der Waals surface area contributed by atoms with Gasteiger partial charge >= 0.3 is 0 Å². The molecule has 1 aromatic carbocycles. The fourth-order valence-electron chi connectivity index (χ4n) is 1.25. The Balaban J connectivity index is 2.24. The highest BCUT2D eigenvalue weighted by atomic mass is 79.9. The average molecular weight is 279 g/mol. The van der Waals surface area contributed by atoms with Gasteiger partial charge in [-0.1, -0.05) is 12.1 Å². The van der Waals surface area contributed by atoms with Crippen LogP contribution < -0.4 is 10.6 Å². The van der Waals surface area contributed by atoms with Crippen LogP contribution in [0.3, 0.4) is 0 Å². The Labute approximate surface area is 102 Å². The third kappa shape index (κ3) is 2.49. The van der Waals surface area contributed by atoms with Crippen LogP contribution in [-0.2, 0) is 0 Å². The number of halogens is 1. The zero-order valence-electron chi connectivity index (χ0n) is 8.74. The molecule has 0 bridgehead atoms. The smallest absolute Gasteiger partial charge is 0.151 e. The number of nitrogens with zero attached hydrogens (tertiary/aromatic N) is 2. The van der Waals surface area contributed by atoms with Crippen LogP contribution in [0, 0.1) is 0 Å². The van der Waals surface area contributed by atoms with Crippen molar-refractivity contribution in [1.29, 1.82) is 0 Å². The lowest BCUT2D eigenvalue weighted by molar-refractivity contribution is 1.18. The van der Waals surface area contributed by atoms with Gasteiger partial charge in [0.15, 0.2) is 5.82 Å². The quantitative estimate of drug-likeness (QED) is 0.906. The molecule has 0 fully saturated rings. The predicted molar refractivity (Wildman–Crippen MR) is 69.0 cm³/mol. The summed E-state index contributed by atoms with van der Waals surface area (Å²) in [5.74, 6) is 1.44. The number of nitrogens with one attached hydrogen (secondary N) is 2. The van der Waals surface area contributed by atoms with Gasteiger partial charge in [0, 0.05) is 11.5 Å². The van der Waals surface area contributed by atoms with Crippen molar-refractivity contribution >= 4 is 33.3 Å². The molecule has 0 saturated heterocycles. The van der Waals surface area contributed by atoms with E-state index in [4.69, 9.17) is 0 Å². The third-order valence-corrected chi connectivity index (χ3v) is 2.72. The average Bonchev–Trinajstić information content (AvgIpc) is 2.32. The van der Waals surface area contributed by atoms with Crippen molar-refractivity contribution in [2.24, 2.45) is 0 Å². The minimum Gasteiger partial charge on any atom is -0.372 e.